The molecule has 1 aliphatic heterocycles. The van der Waals surface area contributed by atoms with Gasteiger partial charge in [-0.25, -0.2) is 4.90 Å². The van der Waals surface area contributed by atoms with Crippen LogP contribution in [0.2, 0.25) is 0 Å². The number of nitrogens with one attached hydrogen (secondary N) is 1. The van der Waals surface area contributed by atoms with Crippen LogP contribution in [-0.2, 0) is 11.2 Å². The molecule has 0 aromatic heterocycles. The van der Waals surface area contributed by atoms with Crippen molar-refractivity contribution in [3.8, 4) is 0 Å². The van der Waals surface area contributed by atoms with E-state index in [-0.39, 0.29) is 5.91 Å². The van der Waals surface area contributed by atoms with Crippen LogP contribution >= 0.6 is 15.9 Å². The first-order valence-electron chi connectivity index (χ1n) is 4.96. The summed E-state index contributed by atoms with van der Waals surface area (Å²) in [6, 6.07) is 5.60. The zero-order valence-electron chi connectivity index (χ0n) is 8.79. The molecule has 1 heterocycles. The van der Waals surface area contributed by atoms with E-state index in [1.165, 1.54) is 4.90 Å². The molecule has 0 spiro atoms. The number of nitrogens with zero attached hydrogens (tertiary/aromatic N) is 1. The van der Waals surface area contributed by atoms with Gasteiger partial charge in [-0.3, -0.25) is 9.59 Å². The topological polar surface area (TPSA) is 49.4 Å². The third-order valence-electron chi connectivity index (χ3n) is 2.64. The lowest BCUT2D eigenvalue weighted by Gasteiger charge is -2.26. The van der Waals surface area contributed by atoms with Gasteiger partial charge in [0, 0.05) is 35.1 Å². The SMILES string of the molecule is CNc1ccc2c(c1)CCC(=O)N2C(=O)Br. The molecule has 16 heavy (non-hydrogen) atoms. The molecule has 4 nitrogen and oxygen atoms in total. The van der Waals surface area contributed by atoms with Gasteiger partial charge in [0.2, 0.25) is 5.91 Å². The Hall–Kier alpha value is -1.36. The van der Waals surface area contributed by atoms with Crippen molar-refractivity contribution in [3.05, 3.63) is 23.8 Å². The first-order chi connectivity index (χ1) is 7.63. The van der Waals surface area contributed by atoms with Gasteiger partial charge in [-0.05, 0) is 30.2 Å². The summed E-state index contributed by atoms with van der Waals surface area (Å²) in [5, 5.41) is 3.03. The number of rotatable bonds is 1. The number of aryl methyl sites for hydroxylation is 1. The summed E-state index contributed by atoms with van der Waals surface area (Å²) in [6.07, 6.45) is 1.05. The van der Waals surface area contributed by atoms with Crippen molar-refractivity contribution < 1.29 is 9.59 Å². The van der Waals surface area contributed by atoms with E-state index < -0.39 is 4.82 Å². The Morgan fingerprint density at radius 1 is 1.44 bits per heavy atom. The van der Waals surface area contributed by atoms with Gasteiger partial charge in [0.1, 0.15) is 0 Å². The van der Waals surface area contributed by atoms with Gasteiger partial charge < -0.3 is 5.32 Å². The third kappa shape index (κ3) is 1.82. The maximum absolute atomic E-state index is 11.6. The number of imide groups is 1. The maximum Gasteiger partial charge on any atom is 0.300 e. The highest BCUT2D eigenvalue weighted by atomic mass is 79.9. The average molecular weight is 283 g/mol. The van der Waals surface area contributed by atoms with E-state index in [2.05, 4.69) is 21.2 Å². The molecule has 0 bridgehead atoms. The number of hydrogen-bond acceptors (Lipinski definition) is 3. The molecule has 0 radical (unpaired) electrons. The predicted octanol–water partition coefficient (Wildman–Crippen LogP) is 2.52. The largest absolute Gasteiger partial charge is 0.388 e. The fourth-order valence-electron chi connectivity index (χ4n) is 1.84. The van der Waals surface area contributed by atoms with E-state index in [0.717, 1.165) is 11.3 Å². The summed E-state index contributed by atoms with van der Waals surface area (Å²) in [5.74, 6) is -0.161. The van der Waals surface area contributed by atoms with Gasteiger partial charge in [0.15, 0.2) is 0 Å². The molecule has 84 valence electrons. The van der Waals surface area contributed by atoms with Crippen LogP contribution < -0.4 is 10.2 Å². The monoisotopic (exact) mass is 282 g/mol. The molecule has 5 heteroatoms. The standard InChI is InChI=1S/C11H11BrN2O2/c1-13-8-3-4-9-7(6-8)2-5-10(15)14(9)11(12)16/h3-4,6,13H,2,5H2,1H3. The fraction of sp³-hybridized carbons (Fsp3) is 0.273. The zero-order valence-corrected chi connectivity index (χ0v) is 10.4. The van der Waals surface area contributed by atoms with E-state index in [0.29, 0.717) is 18.5 Å². The van der Waals surface area contributed by atoms with Crippen LogP contribution in [0.15, 0.2) is 18.2 Å². The van der Waals surface area contributed by atoms with Gasteiger partial charge in [0.05, 0.1) is 5.69 Å². The first kappa shape index (κ1) is 11.1. The van der Waals surface area contributed by atoms with Crippen molar-refractivity contribution in [2.75, 3.05) is 17.3 Å². The van der Waals surface area contributed by atoms with Gasteiger partial charge in [0.25, 0.3) is 0 Å². The Labute approximate surface area is 102 Å². The molecule has 2 amide bonds. The molecule has 1 aromatic rings. The molecule has 0 saturated carbocycles. The molecule has 1 aromatic carbocycles. The zero-order chi connectivity index (χ0) is 11.7. The number of hydrogen-bond donors (Lipinski definition) is 1. The lowest BCUT2D eigenvalue weighted by Crippen LogP contribution is -2.36. The summed E-state index contributed by atoms with van der Waals surface area (Å²) in [5.41, 5.74) is 2.67. The van der Waals surface area contributed by atoms with Gasteiger partial charge in [-0.2, -0.15) is 0 Å². The summed E-state index contributed by atoms with van der Waals surface area (Å²) >= 11 is 2.83. The lowest BCUT2D eigenvalue weighted by molar-refractivity contribution is -0.118. The predicted molar refractivity (Wildman–Crippen MR) is 66.1 cm³/mol. The van der Waals surface area contributed by atoms with E-state index in [1.807, 2.05) is 19.2 Å². The third-order valence-corrected chi connectivity index (χ3v) is 3.00. The second-order valence-electron chi connectivity index (χ2n) is 3.58. The van der Waals surface area contributed by atoms with Crippen molar-refractivity contribution in [1.29, 1.82) is 0 Å². The molecule has 1 aliphatic rings. The van der Waals surface area contributed by atoms with E-state index in [4.69, 9.17) is 0 Å². The number of halogens is 1. The Kier molecular flexibility index (Phi) is 2.96. The molecular formula is C11H11BrN2O2. The molecule has 1 N–H and O–H groups in total. The van der Waals surface area contributed by atoms with Gasteiger partial charge >= 0.3 is 4.82 Å². The number of carbonyl (C=O) groups excluding carboxylic acids is 2. The van der Waals surface area contributed by atoms with E-state index in [9.17, 15) is 9.59 Å². The van der Waals surface area contributed by atoms with Crippen molar-refractivity contribution in [2.24, 2.45) is 0 Å². The van der Waals surface area contributed by atoms with Crippen molar-refractivity contribution in [3.63, 3.8) is 0 Å². The van der Waals surface area contributed by atoms with Gasteiger partial charge in [-0.1, -0.05) is 0 Å². The first-order valence-corrected chi connectivity index (χ1v) is 5.76. The Morgan fingerprint density at radius 3 is 2.81 bits per heavy atom. The second-order valence-corrected chi connectivity index (χ2v) is 4.25. The minimum Gasteiger partial charge on any atom is -0.388 e. The number of anilines is 2. The highest BCUT2D eigenvalue weighted by molar-refractivity contribution is 9.18. The van der Waals surface area contributed by atoms with Gasteiger partial charge in [-0.15, -0.1) is 0 Å². The number of benzene rings is 1. The summed E-state index contributed by atoms with van der Waals surface area (Å²) in [4.78, 5) is 23.7. The van der Waals surface area contributed by atoms with Crippen LogP contribution in [0.25, 0.3) is 0 Å². The molecule has 0 unspecified atom stereocenters. The highest BCUT2D eigenvalue weighted by Crippen LogP contribution is 2.31. The van der Waals surface area contributed by atoms with E-state index >= 15 is 0 Å². The highest BCUT2D eigenvalue weighted by Gasteiger charge is 2.28. The van der Waals surface area contributed by atoms with Crippen LogP contribution in [0.1, 0.15) is 12.0 Å². The average Bonchev–Trinajstić information content (AvgIpc) is 2.27. The van der Waals surface area contributed by atoms with Crippen LogP contribution in [0.5, 0.6) is 0 Å². The molecule has 0 fully saturated rings. The molecule has 0 aliphatic carbocycles. The fourth-order valence-corrected chi connectivity index (χ4v) is 2.23. The van der Waals surface area contributed by atoms with E-state index in [1.54, 1.807) is 6.07 Å². The number of carbonyl (C=O) groups is 2. The van der Waals surface area contributed by atoms with Crippen molar-refractivity contribution in [1.82, 2.24) is 0 Å². The smallest absolute Gasteiger partial charge is 0.300 e. The van der Waals surface area contributed by atoms with Crippen LogP contribution in [0.3, 0.4) is 0 Å². The summed E-state index contributed by atoms with van der Waals surface area (Å²) in [7, 11) is 1.84. The molecular weight excluding hydrogens is 272 g/mol. The molecule has 2 rings (SSSR count). The molecule has 0 saturated heterocycles. The summed E-state index contributed by atoms with van der Waals surface area (Å²) < 4.78 is 0. The lowest BCUT2D eigenvalue weighted by atomic mass is 10.0. The normalized spacial score (nSPS) is 14.6. The van der Waals surface area contributed by atoms with Crippen LogP contribution in [0, 0.1) is 0 Å². The van der Waals surface area contributed by atoms with Crippen LogP contribution in [-0.4, -0.2) is 17.8 Å². The quantitative estimate of drug-likeness (QED) is 0.636. The minimum absolute atomic E-state index is 0.161. The maximum atomic E-state index is 11.6. The molecule has 0 atom stereocenters. The van der Waals surface area contributed by atoms with Crippen molar-refractivity contribution in [2.45, 2.75) is 12.8 Å². The Bertz CT molecular complexity index is 459. The Balaban J connectivity index is 2.48. The van der Waals surface area contributed by atoms with Crippen LogP contribution in [0.4, 0.5) is 16.2 Å². The Morgan fingerprint density at radius 2 is 2.19 bits per heavy atom. The number of fused-ring (bicyclic) bond motifs is 1. The second kappa shape index (κ2) is 4.25. The minimum atomic E-state index is -0.407. The number of amides is 2. The summed E-state index contributed by atoms with van der Waals surface area (Å²) in [6.45, 7) is 0. The van der Waals surface area contributed by atoms with Crippen molar-refractivity contribution >= 4 is 38.0 Å².